The first-order valence-electron chi connectivity index (χ1n) is 11.0. The molecule has 2 aliphatic heterocycles. The number of sulfone groups is 1. The number of carbonyl (C=O) groups excluding carboxylic acids is 1. The van der Waals surface area contributed by atoms with Crippen molar-refractivity contribution in [3.05, 3.63) is 35.4 Å². The van der Waals surface area contributed by atoms with Crippen LogP contribution in [-0.4, -0.2) is 95.2 Å². The molecule has 0 saturated carbocycles. The fourth-order valence-electron chi connectivity index (χ4n) is 4.52. The summed E-state index contributed by atoms with van der Waals surface area (Å²) in [4.78, 5) is 27.4. The lowest BCUT2D eigenvalue weighted by molar-refractivity contribution is -0.132. The number of nitrogens with zero attached hydrogens (tertiary/aromatic N) is 7. The Bertz CT molecular complexity index is 1060. The largest absolute Gasteiger partial charge is 0.338 e. The summed E-state index contributed by atoms with van der Waals surface area (Å²) >= 11 is 0. The van der Waals surface area contributed by atoms with E-state index in [4.69, 9.17) is 0 Å². The Hall–Kier alpha value is -2.53. The molecule has 174 valence electrons. The first-order valence-corrected chi connectivity index (χ1v) is 12.8. The standard InChI is InChI=1S/C21H31N7O3S/c1-16-19(17(2)28(24-16)18-5-12-32(30,31)15-18)13-25(3)14-20(29)26-8-10-27(11-9-26)21-22-6-4-7-23-21/h4,6-7,18H,5,8-15H2,1-3H3. The molecule has 1 atom stereocenters. The molecule has 11 heteroatoms. The lowest BCUT2D eigenvalue weighted by Gasteiger charge is -2.35. The maximum Gasteiger partial charge on any atom is 0.236 e. The van der Waals surface area contributed by atoms with Crippen LogP contribution >= 0.6 is 0 Å². The minimum absolute atomic E-state index is 0.0933. The smallest absolute Gasteiger partial charge is 0.236 e. The van der Waals surface area contributed by atoms with Crippen LogP contribution in [-0.2, 0) is 21.2 Å². The Morgan fingerprint density at radius 1 is 1.16 bits per heavy atom. The molecule has 2 saturated heterocycles. The normalized spacial score (nSPS) is 20.8. The minimum atomic E-state index is -2.97. The second kappa shape index (κ2) is 9.14. The molecule has 0 radical (unpaired) electrons. The molecule has 0 N–H and O–H groups in total. The zero-order valence-corrected chi connectivity index (χ0v) is 19.8. The van der Waals surface area contributed by atoms with Crippen LogP contribution in [0.15, 0.2) is 18.5 Å². The average molecular weight is 462 g/mol. The van der Waals surface area contributed by atoms with Gasteiger partial charge in [-0.2, -0.15) is 5.10 Å². The lowest BCUT2D eigenvalue weighted by Crippen LogP contribution is -2.51. The molecule has 4 heterocycles. The summed E-state index contributed by atoms with van der Waals surface area (Å²) in [6.07, 6.45) is 4.07. The fraction of sp³-hybridized carbons (Fsp3) is 0.619. The van der Waals surface area contributed by atoms with E-state index in [2.05, 4.69) is 20.0 Å². The van der Waals surface area contributed by atoms with Crippen molar-refractivity contribution in [3.63, 3.8) is 0 Å². The van der Waals surface area contributed by atoms with Crippen LogP contribution in [0.1, 0.15) is 29.4 Å². The number of amides is 1. The van der Waals surface area contributed by atoms with Gasteiger partial charge in [0, 0.05) is 56.4 Å². The van der Waals surface area contributed by atoms with Gasteiger partial charge in [-0.25, -0.2) is 18.4 Å². The summed E-state index contributed by atoms with van der Waals surface area (Å²) in [6, 6.07) is 1.70. The minimum Gasteiger partial charge on any atom is -0.338 e. The number of aryl methyl sites for hydroxylation is 1. The molecule has 0 bridgehead atoms. The van der Waals surface area contributed by atoms with E-state index in [9.17, 15) is 13.2 Å². The van der Waals surface area contributed by atoms with Crippen molar-refractivity contribution in [2.75, 3.05) is 56.2 Å². The van der Waals surface area contributed by atoms with E-state index < -0.39 is 9.84 Å². The average Bonchev–Trinajstić information content (AvgIpc) is 3.27. The third kappa shape index (κ3) is 4.93. The summed E-state index contributed by atoms with van der Waals surface area (Å²) in [7, 11) is -1.04. The molecule has 1 amide bonds. The fourth-order valence-corrected chi connectivity index (χ4v) is 6.21. The molecule has 0 aliphatic carbocycles. The van der Waals surface area contributed by atoms with Crippen LogP contribution in [0.2, 0.25) is 0 Å². The van der Waals surface area contributed by atoms with E-state index in [1.165, 1.54) is 0 Å². The van der Waals surface area contributed by atoms with Crippen LogP contribution in [0.3, 0.4) is 0 Å². The van der Waals surface area contributed by atoms with E-state index in [0.717, 1.165) is 30.0 Å². The molecular weight excluding hydrogens is 430 g/mol. The molecule has 0 aromatic carbocycles. The quantitative estimate of drug-likeness (QED) is 0.610. The monoisotopic (exact) mass is 461 g/mol. The van der Waals surface area contributed by atoms with Crippen molar-refractivity contribution in [3.8, 4) is 0 Å². The molecule has 4 rings (SSSR count). The number of piperazine rings is 1. The van der Waals surface area contributed by atoms with Crippen molar-refractivity contribution in [1.82, 2.24) is 29.5 Å². The number of hydrogen-bond acceptors (Lipinski definition) is 8. The Morgan fingerprint density at radius 3 is 2.47 bits per heavy atom. The second-order valence-corrected chi connectivity index (χ2v) is 11.0. The molecule has 2 fully saturated rings. The number of aromatic nitrogens is 4. The Balaban J connectivity index is 1.32. The van der Waals surface area contributed by atoms with Gasteiger partial charge in [0.25, 0.3) is 0 Å². The van der Waals surface area contributed by atoms with Crippen LogP contribution in [0.5, 0.6) is 0 Å². The van der Waals surface area contributed by atoms with Crippen molar-refractivity contribution < 1.29 is 13.2 Å². The SMILES string of the molecule is Cc1nn(C2CCS(=O)(=O)C2)c(C)c1CN(C)CC(=O)N1CCN(c2ncccn2)CC1. The number of rotatable bonds is 6. The molecule has 0 spiro atoms. The third-order valence-electron chi connectivity index (χ3n) is 6.33. The highest BCUT2D eigenvalue weighted by Crippen LogP contribution is 2.27. The van der Waals surface area contributed by atoms with E-state index >= 15 is 0 Å². The second-order valence-electron chi connectivity index (χ2n) is 8.74. The van der Waals surface area contributed by atoms with Crippen LogP contribution in [0.4, 0.5) is 5.95 Å². The maximum atomic E-state index is 12.8. The highest BCUT2D eigenvalue weighted by molar-refractivity contribution is 7.91. The number of anilines is 1. The maximum absolute atomic E-state index is 12.8. The van der Waals surface area contributed by atoms with E-state index in [1.807, 2.05) is 35.4 Å². The van der Waals surface area contributed by atoms with Gasteiger partial charge in [-0.15, -0.1) is 0 Å². The van der Waals surface area contributed by atoms with Crippen LogP contribution in [0.25, 0.3) is 0 Å². The summed E-state index contributed by atoms with van der Waals surface area (Å²) in [5.41, 5.74) is 2.94. The highest BCUT2D eigenvalue weighted by Gasteiger charge is 2.31. The van der Waals surface area contributed by atoms with Crippen LogP contribution < -0.4 is 4.90 Å². The summed E-state index contributed by atoms with van der Waals surface area (Å²) in [5, 5.41) is 4.63. The molecule has 2 aliphatic rings. The number of hydrogen-bond donors (Lipinski definition) is 0. The van der Waals surface area contributed by atoms with E-state index in [1.54, 1.807) is 18.5 Å². The van der Waals surface area contributed by atoms with Crippen molar-refractivity contribution in [1.29, 1.82) is 0 Å². The van der Waals surface area contributed by atoms with Gasteiger partial charge in [0.15, 0.2) is 9.84 Å². The lowest BCUT2D eigenvalue weighted by atomic mass is 10.1. The zero-order valence-electron chi connectivity index (χ0n) is 18.9. The summed E-state index contributed by atoms with van der Waals surface area (Å²) in [5.74, 6) is 1.19. The first-order chi connectivity index (χ1) is 15.2. The van der Waals surface area contributed by atoms with Gasteiger partial charge in [0.2, 0.25) is 11.9 Å². The molecule has 1 unspecified atom stereocenters. The van der Waals surface area contributed by atoms with Crippen molar-refractivity contribution in [2.24, 2.45) is 0 Å². The van der Waals surface area contributed by atoms with Gasteiger partial charge in [0.05, 0.1) is 29.8 Å². The topological polar surface area (TPSA) is 105 Å². The molecule has 10 nitrogen and oxygen atoms in total. The van der Waals surface area contributed by atoms with Gasteiger partial charge >= 0.3 is 0 Å². The molecule has 2 aromatic rings. The van der Waals surface area contributed by atoms with Crippen molar-refractivity contribution in [2.45, 2.75) is 32.9 Å². The summed E-state index contributed by atoms with van der Waals surface area (Å²) < 4.78 is 25.6. The predicted molar refractivity (Wildman–Crippen MR) is 121 cm³/mol. The number of carbonyl (C=O) groups is 1. The van der Waals surface area contributed by atoms with Crippen molar-refractivity contribution >= 4 is 21.7 Å². The Kier molecular flexibility index (Phi) is 6.47. The molecular formula is C21H31N7O3S. The van der Waals surface area contributed by atoms with Gasteiger partial charge < -0.3 is 9.80 Å². The highest BCUT2D eigenvalue weighted by atomic mass is 32.2. The Morgan fingerprint density at radius 2 is 1.84 bits per heavy atom. The summed E-state index contributed by atoms with van der Waals surface area (Å²) in [6.45, 7) is 7.59. The van der Waals surface area contributed by atoms with Gasteiger partial charge in [-0.1, -0.05) is 0 Å². The first kappa shape index (κ1) is 22.7. The van der Waals surface area contributed by atoms with Gasteiger partial charge in [-0.05, 0) is 33.4 Å². The van der Waals surface area contributed by atoms with Gasteiger partial charge in [0.1, 0.15) is 0 Å². The predicted octanol–water partition coefficient (Wildman–Crippen LogP) is 0.430. The van der Waals surface area contributed by atoms with E-state index in [-0.39, 0.29) is 23.5 Å². The third-order valence-corrected chi connectivity index (χ3v) is 8.08. The number of likely N-dealkylation sites (N-methyl/N-ethyl adjacent to an activating group) is 1. The Labute approximate surface area is 189 Å². The molecule has 2 aromatic heterocycles. The van der Waals surface area contributed by atoms with Gasteiger partial charge in [-0.3, -0.25) is 14.4 Å². The van der Waals surface area contributed by atoms with Crippen LogP contribution in [0, 0.1) is 13.8 Å². The molecule has 32 heavy (non-hydrogen) atoms. The zero-order chi connectivity index (χ0) is 22.9. The van der Waals surface area contributed by atoms with E-state index in [0.29, 0.717) is 38.5 Å².